The first kappa shape index (κ1) is 19.5. The van der Waals surface area contributed by atoms with E-state index in [2.05, 4.69) is 21.2 Å². The molecule has 3 aliphatic heterocycles. The predicted molar refractivity (Wildman–Crippen MR) is 116 cm³/mol. The van der Waals surface area contributed by atoms with E-state index in [9.17, 15) is 14.4 Å². The maximum absolute atomic E-state index is 13.7. The van der Waals surface area contributed by atoms with Crippen molar-refractivity contribution in [2.45, 2.75) is 25.0 Å². The summed E-state index contributed by atoms with van der Waals surface area (Å²) < 4.78 is 0. The van der Waals surface area contributed by atoms with Crippen LogP contribution >= 0.6 is 15.9 Å². The summed E-state index contributed by atoms with van der Waals surface area (Å²) in [5, 5.41) is 4.02. The van der Waals surface area contributed by atoms with Gasteiger partial charge in [0.2, 0.25) is 11.8 Å². The highest BCUT2D eigenvalue weighted by molar-refractivity contribution is 9.09. The molecule has 6 nitrogen and oxygen atoms in total. The minimum absolute atomic E-state index is 0.148. The number of hydrogen-bond acceptors (Lipinski definition) is 4. The van der Waals surface area contributed by atoms with Crippen molar-refractivity contribution < 1.29 is 14.4 Å². The Labute approximate surface area is 183 Å². The van der Waals surface area contributed by atoms with Gasteiger partial charge in [0.1, 0.15) is 5.54 Å². The molecule has 0 aliphatic carbocycles. The smallest absolute Gasteiger partial charge is 0.252 e. The van der Waals surface area contributed by atoms with E-state index in [1.165, 1.54) is 4.90 Å². The predicted octanol–water partition coefficient (Wildman–Crippen LogP) is 2.42. The molecule has 2 saturated heterocycles. The first-order chi connectivity index (χ1) is 14.5. The molecular formula is C23H22BrN3O3. The number of amides is 3. The zero-order valence-corrected chi connectivity index (χ0v) is 18.1. The maximum atomic E-state index is 13.7. The minimum atomic E-state index is -1.19. The van der Waals surface area contributed by atoms with Crippen LogP contribution in [0.3, 0.4) is 0 Å². The van der Waals surface area contributed by atoms with Gasteiger partial charge in [-0.3, -0.25) is 24.6 Å². The summed E-state index contributed by atoms with van der Waals surface area (Å²) in [4.78, 5) is 43.7. The second kappa shape index (κ2) is 7.03. The third-order valence-corrected chi connectivity index (χ3v) is 6.95. The molecule has 3 aliphatic rings. The molecule has 3 heterocycles. The molecule has 0 unspecified atom stereocenters. The number of carbonyl (C=O) groups excluding carboxylic acids is 3. The van der Waals surface area contributed by atoms with Crippen molar-refractivity contribution in [2.75, 3.05) is 16.8 Å². The zero-order chi connectivity index (χ0) is 21.0. The Kier molecular flexibility index (Phi) is 4.56. The highest BCUT2D eigenvalue weighted by atomic mass is 79.9. The number of benzene rings is 2. The fourth-order valence-corrected chi connectivity index (χ4v) is 5.75. The highest BCUT2D eigenvalue weighted by Crippen LogP contribution is 2.54. The van der Waals surface area contributed by atoms with E-state index in [1.54, 1.807) is 4.90 Å². The lowest BCUT2D eigenvalue weighted by Gasteiger charge is -2.30. The Hall–Kier alpha value is -2.51. The molecule has 1 N–H and O–H groups in total. The van der Waals surface area contributed by atoms with E-state index in [0.29, 0.717) is 11.9 Å². The zero-order valence-electron chi connectivity index (χ0n) is 16.5. The van der Waals surface area contributed by atoms with Gasteiger partial charge in [-0.25, -0.2) is 0 Å². The summed E-state index contributed by atoms with van der Waals surface area (Å²) in [5.41, 5.74) is 1.30. The third kappa shape index (κ3) is 2.48. The molecule has 0 saturated carbocycles. The van der Waals surface area contributed by atoms with Crippen LogP contribution in [0.2, 0.25) is 0 Å². The van der Waals surface area contributed by atoms with Gasteiger partial charge in [-0.05, 0) is 18.6 Å². The van der Waals surface area contributed by atoms with Crippen LogP contribution in [0.1, 0.15) is 18.1 Å². The first-order valence-electron chi connectivity index (χ1n) is 10.1. The fraction of sp³-hybridized carbons (Fsp3) is 0.348. The van der Waals surface area contributed by atoms with Crippen LogP contribution in [-0.2, 0) is 26.5 Å². The quantitative estimate of drug-likeness (QED) is 0.553. The monoisotopic (exact) mass is 467 g/mol. The molecule has 2 aromatic rings. The number of halogens is 1. The van der Waals surface area contributed by atoms with Gasteiger partial charge in [0.05, 0.1) is 18.4 Å². The normalized spacial score (nSPS) is 29.8. The number of nitrogens with one attached hydrogen (secondary N) is 1. The van der Waals surface area contributed by atoms with E-state index < -0.39 is 17.4 Å². The summed E-state index contributed by atoms with van der Waals surface area (Å²) in [5.74, 6) is -1.91. The van der Waals surface area contributed by atoms with Gasteiger partial charge in [-0.2, -0.15) is 0 Å². The van der Waals surface area contributed by atoms with E-state index in [-0.39, 0.29) is 30.3 Å². The molecule has 0 radical (unpaired) electrons. The standard InChI is InChI=1S/C23H22BrN3O3/c1-14-18-19(21(29)27(20(18)28)13-15-7-3-2-4-8-15)23(25-14)16-9-5-6-10-17(16)26(12-11-24)22(23)30/h2-10,14,18-19,25H,11-13H2,1H3/t14-,18-,19+,23+/m1/s1. The molecule has 154 valence electrons. The Bertz CT molecular complexity index is 1040. The number of fused-ring (bicyclic) bond motifs is 4. The van der Waals surface area contributed by atoms with Crippen molar-refractivity contribution in [1.82, 2.24) is 10.2 Å². The molecule has 4 atom stereocenters. The molecule has 0 bridgehead atoms. The van der Waals surface area contributed by atoms with Crippen molar-refractivity contribution >= 4 is 39.3 Å². The van der Waals surface area contributed by atoms with Gasteiger partial charge in [0, 0.05) is 29.2 Å². The van der Waals surface area contributed by atoms with Crippen molar-refractivity contribution in [1.29, 1.82) is 0 Å². The lowest BCUT2D eigenvalue weighted by molar-refractivity contribution is -0.143. The first-order valence-corrected chi connectivity index (χ1v) is 11.3. The van der Waals surface area contributed by atoms with Crippen molar-refractivity contribution in [2.24, 2.45) is 11.8 Å². The number of nitrogens with zero attached hydrogens (tertiary/aromatic N) is 2. The molecule has 2 fully saturated rings. The number of rotatable bonds is 4. The Balaban J connectivity index is 1.60. The highest BCUT2D eigenvalue weighted by Gasteiger charge is 2.70. The number of anilines is 1. The molecule has 0 aromatic heterocycles. The Morgan fingerprint density at radius 1 is 0.967 bits per heavy atom. The number of carbonyl (C=O) groups is 3. The number of hydrogen-bond donors (Lipinski definition) is 1. The van der Waals surface area contributed by atoms with Crippen LogP contribution in [-0.4, -0.2) is 40.5 Å². The van der Waals surface area contributed by atoms with E-state index in [1.807, 2.05) is 61.5 Å². The minimum Gasteiger partial charge on any atom is -0.309 e. The van der Waals surface area contributed by atoms with Gasteiger partial charge in [-0.15, -0.1) is 0 Å². The number of likely N-dealkylation sites (tertiary alicyclic amines) is 1. The Morgan fingerprint density at radius 3 is 2.40 bits per heavy atom. The van der Waals surface area contributed by atoms with Gasteiger partial charge in [-0.1, -0.05) is 64.5 Å². The van der Waals surface area contributed by atoms with E-state index >= 15 is 0 Å². The van der Waals surface area contributed by atoms with Crippen LogP contribution in [0.5, 0.6) is 0 Å². The molecule has 1 spiro atoms. The van der Waals surface area contributed by atoms with Crippen LogP contribution in [0.25, 0.3) is 0 Å². The Morgan fingerprint density at radius 2 is 1.67 bits per heavy atom. The average Bonchev–Trinajstić information content (AvgIpc) is 3.29. The second-order valence-electron chi connectivity index (χ2n) is 8.16. The van der Waals surface area contributed by atoms with Crippen LogP contribution in [0.4, 0.5) is 5.69 Å². The second-order valence-corrected chi connectivity index (χ2v) is 8.95. The van der Waals surface area contributed by atoms with Crippen molar-refractivity contribution in [3.63, 3.8) is 0 Å². The molecule has 30 heavy (non-hydrogen) atoms. The molecule has 7 heteroatoms. The number of alkyl halides is 1. The summed E-state index contributed by atoms with van der Waals surface area (Å²) in [6.07, 6.45) is 0. The van der Waals surface area contributed by atoms with E-state index in [4.69, 9.17) is 0 Å². The van der Waals surface area contributed by atoms with Crippen molar-refractivity contribution in [3.8, 4) is 0 Å². The van der Waals surface area contributed by atoms with Crippen LogP contribution < -0.4 is 10.2 Å². The molecule has 5 rings (SSSR count). The van der Waals surface area contributed by atoms with Gasteiger partial charge >= 0.3 is 0 Å². The summed E-state index contributed by atoms with van der Waals surface area (Å²) in [7, 11) is 0. The van der Waals surface area contributed by atoms with Gasteiger partial charge in [0.15, 0.2) is 0 Å². The number of para-hydroxylation sites is 1. The molecule has 2 aromatic carbocycles. The average molecular weight is 468 g/mol. The fourth-order valence-electron chi connectivity index (χ4n) is 5.40. The molecular weight excluding hydrogens is 446 g/mol. The van der Waals surface area contributed by atoms with Gasteiger partial charge < -0.3 is 4.90 Å². The SMILES string of the molecule is C[C@H]1N[C@]2(C(=O)N(CCBr)c3ccccc32)[C@@H]2C(=O)N(Cc3ccccc3)C(=O)[C@@H]21. The summed E-state index contributed by atoms with van der Waals surface area (Å²) >= 11 is 3.43. The summed E-state index contributed by atoms with van der Waals surface area (Å²) in [6, 6.07) is 16.8. The lowest BCUT2D eigenvalue weighted by atomic mass is 9.76. The third-order valence-electron chi connectivity index (χ3n) is 6.60. The van der Waals surface area contributed by atoms with Crippen LogP contribution in [0, 0.1) is 11.8 Å². The van der Waals surface area contributed by atoms with Gasteiger partial charge in [0.25, 0.3) is 5.91 Å². The largest absolute Gasteiger partial charge is 0.309 e. The molecule has 3 amide bonds. The van der Waals surface area contributed by atoms with Crippen molar-refractivity contribution in [3.05, 3.63) is 65.7 Å². The maximum Gasteiger partial charge on any atom is 0.252 e. The van der Waals surface area contributed by atoms with Crippen LogP contribution in [0.15, 0.2) is 54.6 Å². The topological polar surface area (TPSA) is 69.7 Å². The lowest BCUT2D eigenvalue weighted by Crippen LogP contribution is -2.55. The number of imide groups is 1. The van der Waals surface area contributed by atoms with E-state index in [0.717, 1.165) is 16.8 Å². The summed E-state index contributed by atoms with van der Waals surface area (Å²) in [6.45, 7) is 2.63.